The molecule has 0 bridgehead atoms. The number of hydrogen-bond acceptors (Lipinski definition) is 4. The Hall–Kier alpha value is -1.43. The number of rotatable bonds is 4. The first-order chi connectivity index (χ1) is 6.63. The lowest BCUT2D eigenvalue weighted by atomic mass is 10.3. The number of amides is 1. The molecule has 1 heterocycles. The van der Waals surface area contributed by atoms with Gasteiger partial charge in [-0.15, -0.1) is 5.10 Å². The molecule has 1 amide bonds. The number of nitrogens with zero attached hydrogens (tertiary/aromatic N) is 2. The van der Waals surface area contributed by atoms with Crippen molar-refractivity contribution in [1.82, 2.24) is 20.5 Å². The predicted octanol–water partition coefficient (Wildman–Crippen LogP) is -0.556. The van der Waals surface area contributed by atoms with E-state index in [1.54, 1.807) is 0 Å². The summed E-state index contributed by atoms with van der Waals surface area (Å²) in [5.41, 5.74) is 5.49. The minimum absolute atomic E-state index is 0.0662. The normalized spacial score (nSPS) is 12.5. The maximum absolute atomic E-state index is 11.4. The van der Waals surface area contributed by atoms with Gasteiger partial charge in [0, 0.05) is 19.0 Å². The molecule has 78 valence electrons. The van der Waals surface area contributed by atoms with Gasteiger partial charge in [0.05, 0.1) is 0 Å². The van der Waals surface area contributed by atoms with E-state index in [2.05, 4.69) is 20.5 Å². The van der Waals surface area contributed by atoms with E-state index < -0.39 is 0 Å². The van der Waals surface area contributed by atoms with Gasteiger partial charge in [0.1, 0.15) is 5.82 Å². The predicted molar refractivity (Wildman–Crippen MR) is 51.7 cm³/mol. The lowest BCUT2D eigenvalue weighted by Crippen LogP contribution is -2.35. The number of aromatic nitrogens is 3. The van der Waals surface area contributed by atoms with Crippen molar-refractivity contribution in [3.63, 3.8) is 0 Å². The minimum Gasteiger partial charge on any atom is -0.348 e. The van der Waals surface area contributed by atoms with Crippen LogP contribution in [-0.2, 0) is 6.42 Å². The first-order valence-corrected chi connectivity index (χ1v) is 4.58. The van der Waals surface area contributed by atoms with E-state index >= 15 is 0 Å². The topological polar surface area (TPSA) is 96.7 Å². The Kier molecular flexibility index (Phi) is 3.58. The largest absolute Gasteiger partial charge is 0.348 e. The van der Waals surface area contributed by atoms with E-state index in [0.717, 1.165) is 6.42 Å². The summed E-state index contributed by atoms with van der Waals surface area (Å²) >= 11 is 0. The number of nitrogens with two attached hydrogens (primary N) is 1. The van der Waals surface area contributed by atoms with Crippen LogP contribution in [0.15, 0.2) is 0 Å². The Morgan fingerprint density at radius 1 is 1.71 bits per heavy atom. The highest BCUT2D eigenvalue weighted by Crippen LogP contribution is 1.92. The van der Waals surface area contributed by atoms with Crippen molar-refractivity contribution >= 4 is 5.91 Å². The number of aryl methyl sites for hydroxylation is 1. The highest BCUT2D eigenvalue weighted by Gasteiger charge is 2.11. The molecule has 6 heteroatoms. The average Bonchev–Trinajstić information content (AvgIpc) is 2.62. The molecular weight excluding hydrogens is 182 g/mol. The molecule has 0 aliphatic carbocycles. The van der Waals surface area contributed by atoms with Crippen LogP contribution in [0.3, 0.4) is 0 Å². The molecule has 0 aliphatic heterocycles. The molecule has 14 heavy (non-hydrogen) atoms. The maximum atomic E-state index is 11.4. The van der Waals surface area contributed by atoms with Crippen LogP contribution in [0.2, 0.25) is 0 Å². The van der Waals surface area contributed by atoms with Gasteiger partial charge < -0.3 is 11.1 Å². The zero-order chi connectivity index (χ0) is 10.6. The summed E-state index contributed by atoms with van der Waals surface area (Å²) < 4.78 is 0. The molecule has 0 spiro atoms. The standard InChI is InChI=1S/C8H15N5O/c1-3-6-11-7(13-12-6)8(14)10-4-5(2)9/h5H,3-4,9H2,1-2H3,(H,10,14)(H,11,12,13). The molecule has 0 radical (unpaired) electrons. The minimum atomic E-state index is -0.293. The number of nitrogens with one attached hydrogen (secondary N) is 2. The molecular formula is C8H15N5O. The lowest BCUT2D eigenvalue weighted by molar-refractivity contribution is 0.0941. The van der Waals surface area contributed by atoms with E-state index in [9.17, 15) is 4.79 Å². The molecule has 0 saturated carbocycles. The van der Waals surface area contributed by atoms with Gasteiger partial charge in [0.15, 0.2) is 0 Å². The Labute approximate surface area is 82.3 Å². The number of carbonyl (C=O) groups excluding carboxylic acids is 1. The summed E-state index contributed by atoms with van der Waals surface area (Å²) in [4.78, 5) is 15.4. The molecule has 0 aliphatic rings. The quantitative estimate of drug-likeness (QED) is 0.603. The van der Waals surface area contributed by atoms with E-state index in [-0.39, 0.29) is 17.8 Å². The monoisotopic (exact) mass is 197 g/mol. The number of H-pyrrole nitrogens is 1. The van der Waals surface area contributed by atoms with Crippen LogP contribution in [0.4, 0.5) is 0 Å². The van der Waals surface area contributed by atoms with Crippen molar-refractivity contribution in [2.45, 2.75) is 26.3 Å². The second-order valence-electron chi connectivity index (χ2n) is 3.15. The van der Waals surface area contributed by atoms with E-state index in [1.165, 1.54) is 0 Å². The van der Waals surface area contributed by atoms with Gasteiger partial charge in [0.25, 0.3) is 5.91 Å². The van der Waals surface area contributed by atoms with Crippen molar-refractivity contribution in [2.75, 3.05) is 6.54 Å². The summed E-state index contributed by atoms with van der Waals surface area (Å²) in [7, 11) is 0. The fourth-order valence-electron chi connectivity index (χ4n) is 0.888. The van der Waals surface area contributed by atoms with E-state index in [4.69, 9.17) is 5.73 Å². The molecule has 1 atom stereocenters. The van der Waals surface area contributed by atoms with Crippen molar-refractivity contribution in [1.29, 1.82) is 0 Å². The summed E-state index contributed by atoms with van der Waals surface area (Å²) in [6.45, 7) is 4.18. The second-order valence-corrected chi connectivity index (χ2v) is 3.15. The molecule has 1 rings (SSSR count). The molecule has 4 N–H and O–H groups in total. The third kappa shape index (κ3) is 2.81. The van der Waals surface area contributed by atoms with Gasteiger partial charge in [-0.1, -0.05) is 6.92 Å². The highest BCUT2D eigenvalue weighted by atomic mass is 16.2. The second kappa shape index (κ2) is 4.71. The van der Waals surface area contributed by atoms with Crippen molar-refractivity contribution in [3.8, 4) is 0 Å². The third-order valence-electron chi connectivity index (χ3n) is 1.65. The van der Waals surface area contributed by atoms with Crippen LogP contribution in [0.25, 0.3) is 0 Å². The molecule has 0 saturated heterocycles. The molecule has 1 unspecified atom stereocenters. The van der Waals surface area contributed by atoms with Crippen molar-refractivity contribution in [3.05, 3.63) is 11.6 Å². The number of hydrogen-bond donors (Lipinski definition) is 3. The third-order valence-corrected chi connectivity index (χ3v) is 1.65. The van der Waals surface area contributed by atoms with Crippen LogP contribution in [0.1, 0.15) is 30.3 Å². The van der Waals surface area contributed by atoms with Crippen LogP contribution in [0, 0.1) is 0 Å². The molecule has 0 aromatic carbocycles. The summed E-state index contributed by atoms with van der Waals surface area (Å²) in [5, 5.41) is 9.07. The molecule has 1 aromatic rings. The first kappa shape index (κ1) is 10.6. The first-order valence-electron chi connectivity index (χ1n) is 4.58. The van der Waals surface area contributed by atoms with Gasteiger partial charge in [-0.2, -0.15) is 0 Å². The van der Waals surface area contributed by atoms with Crippen molar-refractivity contribution < 1.29 is 4.79 Å². The number of aromatic amines is 1. The SMILES string of the molecule is CCc1nc(C(=O)NCC(C)N)n[nH]1. The fraction of sp³-hybridized carbons (Fsp3) is 0.625. The lowest BCUT2D eigenvalue weighted by Gasteiger charge is -2.04. The maximum Gasteiger partial charge on any atom is 0.291 e. The van der Waals surface area contributed by atoms with Gasteiger partial charge in [-0.3, -0.25) is 9.89 Å². The Morgan fingerprint density at radius 2 is 2.43 bits per heavy atom. The smallest absolute Gasteiger partial charge is 0.291 e. The van der Waals surface area contributed by atoms with Gasteiger partial charge in [-0.05, 0) is 6.92 Å². The molecule has 1 aromatic heterocycles. The summed E-state index contributed by atoms with van der Waals surface area (Å²) in [6, 6.07) is -0.0662. The molecule has 0 fully saturated rings. The van der Waals surface area contributed by atoms with Gasteiger partial charge in [-0.25, -0.2) is 4.98 Å². The Bertz CT molecular complexity index is 306. The highest BCUT2D eigenvalue weighted by molar-refractivity contribution is 5.90. The Balaban J connectivity index is 2.52. The summed E-state index contributed by atoms with van der Waals surface area (Å²) in [6.07, 6.45) is 0.730. The number of carbonyl (C=O) groups is 1. The van der Waals surface area contributed by atoms with Crippen LogP contribution < -0.4 is 11.1 Å². The molecule has 6 nitrogen and oxygen atoms in total. The van der Waals surface area contributed by atoms with Crippen LogP contribution >= 0.6 is 0 Å². The fourth-order valence-corrected chi connectivity index (χ4v) is 0.888. The van der Waals surface area contributed by atoms with Gasteiger partial charge >= 0.3 is 0 Å². The van der Waals surface area contributed by atoms with E-state index in [0.29, 0.717) is 12.4 Å². The average molecular weight is 197 g/mol. The van der Waals surface area contributed by atoms with Crippen molar-refractivity contribution in [2.24, 2.45) is 5.73 Å². The Morgan fingerprint density at radius 3 is 2.93 bits per heavy atom. The summed E-state index contributed by atoms with van der Waals surface area (Å²) in [5.74, 6) is 0.580. The van der Waals surface area contributed by atoms with Gasteiger partial charge in [0.2, 0.25) is 5.82 Å². The van der Waals surface area contributed by atoms with Crippen LogP contribution in [-0.4, -0.2) is 33.7 Å². The zero-order valence-electron chi connectivity index (χ0n) is 8.37. The van der Waals surface area contributed by atoms with E-state index in [1.807, 2.05) is 13.8 Å². The van der Waals surface area contributed by atoms with Crippen LogP contribution in [0.5, 0.6) is 0 Å². The zero-order valence-corrected chi connectivity index (χ0v) is 8.37.